The van der Waals surface area contributed by atoms with Crippen molar-refractivity contribution in [1.82, 2.24) is 9.55 Å². The van der Waals surface area contributed by atoms with E-state index in [1.807, 2.05) is 29.6 Å². The predicted octanol–water partition coefficient (Wildman–Crippen LogP) is 1.91. The minimum Gasteiger partial charge on any atom is -0.374 e. The van der Waals surface area contributed by atoms with E-state index < -0.39 is 0 Å². The number of rotatable bonds is 2. The Morgan fingerprint density at radius 2 is 2.56 bits per heavy atom. The quantitative estimate of drug-likeness (QED) is 0.767. The smallest absolute Gasteiger partial charge is 0.186 e. The second kappa shape index (κ2) is 4.70. The van der Waals surface area contributed by atoms with Gasteiger partial charge < -0.3 is 9.30 Å². The maximum absolute atomic E-state index is 12.4. The number of nitrogens with zero attached hydrogens (tertiary/aromatic N) is 2. The lowest BCUT2D eigenvalue weighted by Gasteiger charge is -2.36. The molecule has 0 radical (unpaired) electrons. The molecular weight excluding hydrogens is 248 g/mol. The van der Waals surface area contributed by atoms with Gasteiger partial charge >= 0.3 is 0 Å². The van der Waals surface area contributed by atoms with E-state index in [2.05, 4.69) is 4.98 Å². The molecule has 4 nitrogen and oxygen atoms in total. The van der Waals surface area contributed by atoms with E-state index in [4.69, 9.17) is 4.74 Å². The van der Waals surface area contributed by atoms with Gasteiger partial charge in [0.2, 0.25) is 0 Å². The lowest BCUT2D eigenvalue weighted by atomic mass is 9.82. The molecule has 2 atom stereocenters. The van der Waals surface area contributed by atoms with Crippen molar-refractivity contribution >= 4 is 17.5 Å². The SMILES string of the molecule is Cn1cnc(C(=O)C2CCOC3(CCSC3)C2)c1. The van der Waals surface area contributed by atoms with Gasteiger partial charge in [0.15, 0.2) is 5.78 Å². The van der Waals surface area contributed by atoms with Crippen LogP contribution in [0.1, 0.15) is 29.8 Å². The van der Waals surface area contributed by atoms with Crippen LogP contribution in [0.4, 0.5) is 0 Å². The summed E-state index contributed by atoms with van der Waals surface area (Å²) in [4.78, 5) is 16.6. The van der Waals surface area contributed by atoms with E-state index in [1.165, 1.54) is 0 Å². The summed E-state index contributed by atoms with van der Waals surface area (Å²) in [6.07, 6.45) is 6.29. The summed E-state index contributed by atoms with van der Waals surface area (Å²) >= 11 is 1.94. The maximum atomic E-state index is 12.4. The lowest BCUT2D eigenvalue weighted by Crippen LogP contribution is -2.42. The molecule has 18 heavy (non-hydrogen) atoms. The number of carbonyl (C=O) groups excluding carboxylic acids is 1. The van der Waals surface area contributed by atoms with Crippen LogP contribution in [-0.4, -0.2) is 39.0 Å². The molecule has 2 aliphatic rings. The van der Waals surface area contributed by atoms with Crippen molar-refractivity contribution < 1.29 is 9.53 Å². The fourth-order valence-electron chi connectivity index (χ4n) is 2.86. The topological polar surface area (TPSA) is 44.1 Å². The zero-order chi connectivity index (χ0) is 12.6. The number of aromatic nitrogens is 2. The van der Waals surface area contributed by atoms with Gasteiger partial charge in [-0.1, -0.05) is 0 Å². The fourth-order valence-corrected chi connectivity index (χ4v) is 4.24. The number of hydrogen-bond donors (Lipinski definition) is 0. The summed E-state index contributed by atoms with van der Waals surface area (Å²) in [7, 11) is 1.89. The first-order chi connectivity index (χ1) is 8.69. The highest BCUT2D eigenvalue weighted by molar-refractivity contribution is 7.99. The predicted molar refractivity (Wildman–Crippen MR) is 70.9 cm³/mol. The van der Waals surface area contributed by atoms with Gasteiger partial charge in [0, 0.05) is 31.5 Å². The largest absolute Gasteiger partial charge is 0.374 e. The summed E-state index contributed by atoms with van der Waals surface area (Å²) in [6, 6.07) is 0. The van der Waals surface area contributed by atoms with Gasteiger partial charge in [-0.05, 0) is 25.0 Å². The third kappa shape index (κ3) is 2.21. The zero-order valence-corrected chi connectivity index (χ0v) is 11.4. The molecule has 0 aliphatic carbocycles. The van der Waals surface area contributed by atoms with E-state index in [0.717, 1.165) is 30.8 Å². The molecule has 0 aromatic carbocycles. The van der Waals surface area contributed by atoms with Gasteiger partial charge in [0.1, 0.15) is 5.69 Å². The molecule has 98 valence electrons. The highest BCUT2D eigenvalue weighted by atomic mass is 32.2. The van der Waals surface area contributed by atoms with Crippen LogP contribution in [-0.2, 0) is 11.8 Å². The Hall–Kier alpha value is -0.810. The number of thioether (sulfide) groups is 1. The van der Waals surface area contributed by atoms with Crippen LogP contribution in [0, 0.1) is 5.92 Å². The minimum atomic E-state index is -0.0297. The fraction of sp³-hybridized carbons (Fsp3) is 0.692. The normalized spacial score (nSPS) is 31.9. The molecule has 0 N–H and O–H groups in total. The number of ether oxygens (including phenoxy) is 1. The Bertz CT molecular complexity index is 452. The first-order valence-corrected chi connectivity index (χ1v) is 7.58. The summed E-state index contributed by atoms with van der Waals surface area (Å²) in [5.74, 6) is 2.48. The highest BCUT2D eigenvalue weighted by Gasteiger charge is 2.42. The minimum absolute atomic E-state index is 0.0297. The zero-order valence-electron chi connectivity index (χ0n) is 10.6. The third-order valence-corrected chi connectivity index (χ3v) is 5.11. The van der Waals surface area contributed by atoms with Gasteiger partial charge in [-0.25, -0.2) is 4.98 Å². The van der Waals surface area contributed by atoms with Crippen molar-refractivity contribution in [2.75, 3.05) is 18.1 Å². The molecule has 5 heteroatoms. The van der Waals surface area contributed by atoms with E-state index in [1.54, 1.807) is 6.33 Å². The summed E-state index contributed by atoms with van der Waals surface area (Å²) in [5, 5.41) is 0. The Morgan fingerprint density at radius 1 is 1.67 bits per heavy atom. The van der Waals surface area contributed by atoms with Crippen LogP contribution in [0.2, 0.25) is 0 Å². The molecule has 2 unspecified atom stereocenters. The van der Waals surface area contributed by atoms with Crippen molar-refractivity contribution in [3.8, 4) is 0 Å². The van der Waals surface area contributed by atoms with Gasteiger partial charge in [-0.2, -0.15) is 11.8 Å². The maximum Gasteiger partial charge on any atom is 0.186 e. The number of imidazole rings is 1. The van der Waals surface area contributed by atoms with Crippen molar-refractivity contribution in [2.24, 2.45) is 13.0 Å². The molecule has 2 fully saturated rings. The van der Waals surface area contributed by atoms with Crippen LogP contribution in [0.5, 0.6) is 0 Å². The van der Waals surface area contributed by atoms with Crippen molar-refractivity contribution in [1.29, 1.82) is 0 Å². The first-order valence-electron chi connectivity index (χ1n) is 6.42. The standard InChI is InChI=1S/C13H18N2O2S/c1-15-7-11(14-9-15)12(16)10-2-4-17-13(6-10)3-5-18-8-13/h7,9-10H,2-6,8H2,1H3. The molecule has 0 bridgehead atoms. The molecular formula is C13H18N2O2S. The molecule has 1 aromatic rings. The number of ketones is 1. The van der Waals surface area contributed by atoms with E-state index >= 15 is 0 Å². The molecule has 2 saturated heterocycles. The van der Waals surface area contributed by atoms with Gasteiger partial charge in [0.25, 0.3) is 0 Å². The Kier molecular flexibility index (Phi) is 3.20. The molecule has 1 spiro atoms. The first kappa shape index (κ1) is 12.2. The molecule has 1 aromatic heterocycles. The van der Waals surface area contributed by atoms with Gasteiger partial charge in [-0.3, -0.25) is 4.79 Å². The summed E-state index contributed by atoms with van der Waals surface area (Å²) in [6.45, 7) is 0.712. The Balaban J connectivity index is 1.74. The van der Waals surface area contributed by atoms with Gasteiger partial charge in [0.05, 0.1) is 11.9 Å². The molecule has 3 heterocycles. The third-order valence-electron chi connectivity index (χ3n) is 3.89. The Morgan fingerprint density at radius 3 is 3.22 bits per heavy atom. The summed E-state index contributed by atoms with van der Waals surface area (Å²) < 4.78 is 7.78. The van der Waals surface area contributed by atoms with Crippen LogP contribution < -0.4 is 0 Å². The number of aryl methyl sites for hydroxylation is 1. The number of hydrogen-bond acceptors (Lipinski definition) is 4. The molecule has 2 aliphatic heterocycles. The molecule has 0 saturated carbocycles. The van der Waals surface area contributed by atoms with Crippen molar-refractivity contribution in [3.05, 3.63) is 18.2 Å². The van der Waals surface area contributed by atoms with Crippen LogP contribution >= 0.6 is 11.8 Å². The number of Topliss-reactive ketones (excluding diaryl/α,β-unsaturated/α-hetero) is 1. The van der Waals surface area contributed by atoms with Crippen LogP contribution in [0.3, 0.4) is 0 Å². The summed E-state index contributed by atoms with van der Waals surface area (Å²) in [5.41, 5.74) is 0.572. The van der Waals surface area contributed by atoms with E-state index in [9.17, 15) is 4.79 Å². The second-order valence-electron chi connectivity index (χ2n) is 5.31. The van der Waals surface area contributed by atoms with Gasteiger partial charge in [-0.15, -0.1) is 0 Å². The number of carbonyl (C=O) groups is 1. The Labute approximate surface area is 111 Å². The van der Waals surface area contributed by atoms with Crippen LogP contribution in [0.15, 0.2) is 12.5 Å². The van der Waals surface area contributed by atoms with Crippen LogP contribution in [0.25, 0.3) is 0 Å². The van der Waals surface area contributed by atoms with E-state index in [-0.39, 0.29) is 17.3 Å². The monoisotopic (exact) mass is 266 g/mol. The highest BCUT2D eigenvalue weighted by Crippen LogP contribution is 2.41. The average Bonchev–Trinajstić information content (AvgIpc) is 2.98. The average molecular weight is 266 g/mol. The molecule has 0 amide bonds. The van der Waals surface area contributed by atoms with E-state index in [0.29, 0.717) is 12.3 Å². The van der Waals surface area contributed by atoms with Crippen molar-refractivity contribution in [2.45, 2.75) is 24.9 Å². The second-order valence-corrected chi connectivity index (χ2v) is 6.42. The molecule has 3 rings (SSSR count). The lowest BCUT2D eigenvalue weighted by molar-refractivity contribution is -0.0735. The van der Waals surface area contributed by atoms with Crippen molar-refractivity contribution in [3.63, 3.8) is 0 Å².